The highest BCUT2D eigenvalue weighted by molar-refractivity contribution is 8.00. The maximum Gasteiger partial charge on any atom is 0.161 e. The minimum atomic E-state index is 0.0325. The van der Waals surface area contributed by atoms with Crippen LogP contribution in [0.5, 0.6) is 11.5 Å². The summed E-state index contributed by atoms with van der Waals surface area (Å²) >= 11 is 1.88. The molecule has 1 atom stereocenters. The quantitative estimate of drug-likeness (QED) is 0.914. The van der Waals surface area contributed by atoms with Crippen LogP contribution in [0.3, 0.4) is 0 Å². The van der Waals surface area contributed by atoms with E-state index < -0.39 is 0 Å². The van der Waals surface area contributed by atoms with Crippen LogP contribution in [0.15, 0.2) is 18.2 Å². The molecular formula is C14H21NO2S. The van der Waals surface area contributed by atoms with Crippen LogP contribution in [-0.4, -0.2) is 23.7 Å². The average molecular weight is 267 g/mol. The summed E-state index contributed by atoms with van der Waals surface area (Å²) in [6, 6.07) is 6.01. The minimum absolute atomic E-state index is 0.0325. The SMILES string of the molecule is CC(C)(C)SCC(N)c1ccc2c(c1)OCCO2. The number of ether oxygens (including phenoxy) is 2. The molecule has 4 heteroatoms. The highest BCUT2D eigenvalue weighted by Crippen LogP contribution is 2.34. The first-order chi connectivity index (χ1) is 8.46. The fourth-order valence-electron chi connectivity index (χ4n) is 1.73. The van der Waals surface area contributed by atoms with Crippen molar-refractivity contribution in [3.63, 3.8) is 0 Å². The third kappa shape index (κ3) is 3.56. The maximum atomic E-state index is 6.22. The van der Waals surface area contributed by atoms with Gasteiger partial charge in [0.1, 0.15) is 13.2 Å². The smallest absolute Gasteiger partial charge is 0.161 e. The zero-order valence-electron chi connectivity index (χ0n) is 11.2. The topological polar surface area (TPSA) is 44.5 Å². The summed E-state index contributed by atoms with van der Waals surface area (Å²) in [7, 11) is 0. The molecule has 1 heterocycles. The molecule has 1 aliphatic rings. The Kier molecular flexibility index (Phi) is 4.07. The summed E-state index contributed by atoms with van der Waals surface area (Å²) in [5.41, 5.74) is 7.33. The van der Waals surface area contributed by atoms with Gasteiger partial charge >= 0.3 is 0 Å². The number of hydrogen-bond acceptors (Lipinski definition) is 4. The Labute approximate surface area is 113 Å². The van der Waals surface area contributed by atoms with E-state index >= 15 is 0 Å². The lowest BCUT2D eigenvalue weighted by Gasteiger charge is -2.23. The normalized spacial score (nSPS) is 16.4. The van der Waals surface area contributed by atoms with Crippen molar-refractivity contribution in [1.29, 1.82) is 0 Å². The van der Waals surface area contributed by atoms with Crippen LogP contribution < -0.4 is 15.2 Å². The largest absolute Gasteiger partial charge is 0.486 e. The number of nitrogens with two attached hydrogens (primary N) is 1. The second kappa shape index (κ2) is 5.41. The highest BCUT2D eigenvalue weighted by atomic mass is 32.2. The Morgan fingerprint density at radius 2 is 1.89 bits per heavy atom. The molecule has 100 valence electrons. The van der Waals surface area contributed by atoms with Gasteiger partial charge in [-0.05, 0) is 17.7 Å². The third-order valence-corrected chi connectivity index (χ3v) is 4.08. The van der Waals surface area contributed by atoms with Gasteiger partial charge in [0.15, 0.2) is 11.5 Å². The molecule has 0 saturated carbocycles. The van der Waals surface area contributed by atoms with Crippen LogP contribution >= 0.6 is 11.8 Å². The number of rotatable bonds is 3. The Morgan fingerprint density at radius 1 is 1.22 bits per heavy atom. The third-order valence-electron chi connectivity index (χ3n) is 2.69. The molecule has 0 aromatic heterocycles. The predicted octanol–water partition coefficient (Wildman–Crippen LogP) is 2.99. The first-order valence-corrected chi connectivity index (χ1v) is 7.23. The second-order valence-corrected chi connectivity index (χ2v) is 7.28. The van der Waals surface area contributed by atoms with E-state index in [0.717, 1.165) is 22.8 Å². The predicted molar refractivity (Wildman–Crippen MR) is 76.6 cm³/mol. The number of benzene rings is 1. The van der Waals surface area contributed by atoms with E-state index in [1.807, 2.05) is 30.0 Å². The summed E-state index contributed by atoms with van der Waals surface area (Å²) in [5.74, 6) is 2.54. The zero-order chi connectivity index (χ0) is 13.2. The van der Waals surface area contributed by atoms with Gasteiger partial charge < -0.3 is 15.2 Å². The molecule has 2 N–H and O–H groups in total. The van der Waals surface area contributed by atoms with Crippen LogP contribution in [0, 0.1) is 0 Å². The molecule has 2 rings (SSSR count). The van der Waals surface area contributed by atoms with Crippen LogP contribution in [0.25, 0.3) is 0 Å². The maximum absolute atomic E-state index is 6.22. The Balaban J connectivity index is 2.04. The molecule has 0 radical (unpaired) electrons. The van der Waals surface area contributed by atoms with Crippen molar-refractivity contribution in [2.75, 3.05) is 19.0 Å². The van der Waals surface area contributed by atoms with Gasteiger partial charge in [0.2, 0.25) is 0 Å². The molecule has 0 fully saturated rings. The van der Waals surface area contributed by atoms with Crippen LogP contribution in [0.4, 0.5) is 0 Å². The molecule has 0 aliphatic carbocycles. The van der Waals surface area contributed by atoms with Crippen molar-refractivity contribution >= 4 is 11.8 Å². The van der Waals surface area contributed by atoms with Gasteiger partial charge in [0.25, 0.3) is 0 Å². The molecule has 1 unspecified atom stereocenters. The van der Waals surface area contributed by atoms with Crippen molar-refractivity contribution in [3.05, 3.63) is 23.8 Å². The van der Waals surface area contributed by atoms with Crippen molar-refractivity contribution in [3.8, 4) is 11.5 Å². The first kappa shape index (κ1) is 13.6. The van der Waals surface area contributed by atoms with Gasteiger partial charge in [-0.25, -0.2) is 0 Å². The summed E-state index contributed by atoms with van der Waals surface area (Å²) in [6.07, 6.45) is 0. The van der Waals surface area contributed by atoms with Crippen LogP contribution in [0.1, 0.15) is 32.4 Å². The molecule has 18 heavy (non-hydrogen) atoms. The van der Waals surface area contributed by atoms with Crippen LogP contribution in [0.2, 0.25) is 0 Å². The summed E-state index contributed by atoms with van der Waals surface area (Å²) in [4.78, 5) is 0. The number of thioether (sulfide) groups is 1. The van der Waals surface area contributed by atoms with E-state index in [4.69, 9.17) is 15.2 Å². The lowest BCUT2D eigenvalue weighted by molar-refractivity contribution is 0.171. The van der Waals surface area contributed by atoms with Gasteiger partial charge in [0.05, 0.1) is 0 Å². The molecule has 0 spiro atoms. The van der Waals surface area contributed by atoms with Crippen molar-refractivity contribution < 1.29 is 9.47 Å². The molecular weight excluding hydrogens is 246 g/mol. The lowest BCUT2D eigenvalue weighted by atomic mass is 10.1. The number of hydrogen-bond donors (Lipinski definition) is 1. The van der Waals surface area contributed by atoms with Gasteiger partial charge in [-0.15, -0.1) is 0 Å². The van der Waals surface area contributed by atoms with E-state index in [1.165, 1.54) is 0 Å². The van der Waals surface area contributed by atoms with Gasteiger partial charge in [-0.1, -0.05) is 26.8 Å². The molecule has 0 saturated heterocycles. The Morgan fingerprint density at radius 3 is 2.56 bits per heavy atom. The van der Waals surface area contributed by atoms with E-state index in [1.54, 1.807) is 0 Å². The van der Waals surface area contributed by atoms with E-state index in [9.17, 15) is 0 Å². The standard InChI is InChI=1S/C14H21NO2S/c1-14(2,3)18-9-11(15)10-4-5-12-13(8-10)17-7-6-16-12/h4-5,8,11H,6-7,9,15H2,1-3H3. The first-order valence-electron chi connectivity index (χ1n) is 6.25. The number of fused-ring (bicyclic) bond motifs is 1. The summed E-state index contributed by atoms with van der Waals surface area (Å²) in [5, 5.41) is 0. The Hall–Kier alpha value is -0.870. The molecule has 1 aromatic carbocycles. The van der Waals surface area contributed by atoms with E-state index in [2.05, 4.69) is 20.8 Å². The van der Waals surface area contributed by atoms with E-state index in [0.29, 0.717) is 13.2 Å². The fourth-order valence-corrected chi connectivity index (χ4v) is 2.60. The van der Waals surface area contributed by atoms with Gasteiger partial charge in [-0.3, -0.25) is 0 Å². The fraction of sp³-hybridized carbons (Fsp3) is 0.571. The highest BCUT2D eigenvalue weighted by Gasteiger charge is 2.17. The molecule has 0 amide bonds. The van der Waals surface area contributed by atoms with Gasteiger partial charge in [-0.2, -0.15) is 11.8 Å². The monoisotopic (exact) mass is 267 g/mol. The van der Waals surface area contributed by atoms with Crippen molar-refractivity contribution in [2.45, 2.75) is 31.6 Å². The average Bonchev–Trinajstić information content (AvgIpc) is 2.34. The molecule has 3 nitrogen and oxygen atoms in total. The summed E-state index contributed by atoms with van der Waals surface area (Å²) < 4.78 is 11.3. The minimum Gasteiger partial charge on any atom is -0.486 e. The second-order valence-electron chi connectivity index (χ2n) is 5.43. The zero-order valence-corrected chi connectivity index (χ0v) is 12.0. The molecule has 1 aliphatic heterocycles. The van der Waals surface area contributed by atoms with Crippen LogP contribution in [-0.2, 0) is 0 Å². The van der Waals surface area contributed by atoms with E-state index in [-0.39, 0.29) is 10.8 Å². The van der Waals surface area contributed by atoms with Crippen molar-refractivity contribution in [2.24, 2.45) is 5.73 Å². The summed E-state index contributed by atoms with van der Waals surface area (Å²) in [6.45, 7) is 7.84. The molecule has 0 bridgehead atoms. The Bertz CT molecular complexity index is 415. The lowest BCUT2D eigenvalue weighted by Crippen LogP contribution is -2.19. The van der Waals surface area contributed by atoms with Crippen molar-refractivity contribution in [1.82, 2.24) is 0 Å². The van der Waals surface area contributed by atoms with Gasteiger partial charge in [0, 0.05) is 16.5 Å². The molecule has 1 aromatic rings.